The first kappa shape index (κ1) is 10.7. The summed E-state index contributed by atoms with van der Waals surface area (Å²) < 4.78 is 0. The molecule has 1 aromatic rings. The predicted molar refractivity (Wildman–Crippen MR) is 57.3 cm³/mol. The van der Waals surface area contributed by atoms with Crippen LogP contribution in [0, 0.1) is 23.2 Å². The highest BCUT2D eigenvalue weighted by molar-refractivity contribution is 5.21. The number of hydrogen-bond donors (Lipinski definition) is 1. The maximum atomic E-state index is 9.00. The first-order chi connectivity index (χ1) is 6.66. The Morgan fingerprint density at radius 1 is 1.21 bits per heavy atom. The minimum absolute atomic E-state index is 0.114. The van der Waals surface area contributed by atoms with Crippen LogP contribution >= 0.6 is 0 Å². The van der Waals surface area contributed by atoms with Crippen molar-refractivity contribution in [2.75, 3.05) is 0 Å². The van der Waals surface area contributed by atoms with Crippen LogP contribution < -0.4 is 5.73 Å². The maximum Gasteiger partial charge on any atom is 0.0679 e. The minimum Gasteiger partial charge on any atom is -0.323 e. The fourth-order valence-electron chi connectivity index (χ4n) is 1.53. The molecule has 1 aromatic carbocycles. The van der Waals surface area contributed by atoms with Gasteiger partial charge in [-0.05, 0) is 11.5 Å². The quantitative estimate of drug-likeness (QED) is 0.792. The monoisotopic (exact) mass is 188 g/mol. The first-order valence-electron chi connectivity index (χ1n) is 4.87. The summed E-state index contributed by atoms with van der Waals surface area (Å²) >= 11 is 0. The summed E-state index contributed by atoms with van der Waals surface area (Å²) in [6.07, 6.45) is 0. The lowest BCUT2D eigenvalue weighted by atomic mass is 9.86. The second-order valence-electron chi connectivity index (χ2n) is 3.84. The Labute approximate surface area is 85.4 Å². The molecule has 0 fully saturated rings. The summed E-state index contributed by atoms with van der Waals surface area (Å²) in [5.41, 5.74) is 7.06. The Hall–Kier alpha value is -1.33. The van der Waals surface area contributed by atoms with E-state index < -0.39 is 0 Å². The van der Waals surface area contributed by atoms with Crippen molar-refractivity contribution < 1.29 is 0 Å². The smallest absolute Gasteiger partial charge is 0.0679 e. The lowest BCUT2D eigenvalue weighted by molar-refractivity contribution is 0.404. The highest BCUT2D eigenvalue weighted by Crippen LogP contribution is 2.24. The zero-order valence-corrected chi connectivity index (χ0v) is 8.64. The molecule has 2 N–H and O–H groups in total. The average Bonchev–Trinajstić information content (AvgIpc) is 2.19. The summed E-state index contributed by atoms with van der Waals surface area (Å²) in [4.78, 5) is 0. The Morgan fingerprint density at radius 3 is 2.21 bits per heavy atom. The number of nitrogens with zero attached hydrogens (tertiary/aromatic N) is 1. The lowest BCUT2D eigenvalue weighted by Crippen LogP contribution is -2.24. The summed E-state index contributed by atoms with van der Waals surface area (Å²) in [7, 11) is 0. The van der Waals surface area contributed by atoms with Gasteiger partial charge in [0.2, 0.25) is 0 Å². The average molecular weight is 188 g/mol. The van der Waals surface area contributed by atoms with E-state index in [-0.39, 0.29) is 17.9 Å². The van der Waals surface area contributed by atoms with Gasteiger partial charge < -0.3 is 5.73 Å². The Bertz CT molecular complexity index is 311. The van der Waals surface area contributed by atoms with E-state index in [9.17, 15) is 0 Å². The molecule has 2 heteroatoms. The standard InChI is InChI=1S/C12H16N2/c1-9(2)11(8-13)12(14)10-6-4-3-5-7-10/h3-7,9,11-12H,14H2,1-2H3. The van der Waals surface area contributed by atoms with Crippen molar-refractivity contribution in [3.63, 3.8) is 0 Å². The van der Waals surface area contributed by atoms with Crippen LogP contribution in [-0.2, 0) is 0 Å². The van der Waals surface area contributed by atoms with Gasteiger partial charge in [0.1, 0.15) is 0 Å². The second-order valence-corrected chi connectivity index (χ2v) is 3.84. The first-order valence-corrected chi connectivity index (χ1v) is 4.87. The second kappa shape index (κ2) is 4.78. The molecular weight excluding hydrogens is 172 g/mol. The molecule has 0 aliphatic rings. The Kier molecular flexibility index (Phi) is 3.67. The normalized spacial score (nSPS) is 14.8. The van der Waals surface area contributed by atoms with Gasteiger partial charge in [0, 0.05) is 6.04 Å². The fourth-order valence-corrected chi connectivity index (χ4v) is 1.53. The van der Waals surface area contributed by atoms with Crippen LogP contribution in [0.4, 0.5) is 0 Å². The topological polar surface area (TPSA) is 49.8 Å². The highest BCUT2D eigenvalue weighted by Gasteiger charge is 2.21. The van der Waals surface area contributed by atoms with E-state index in [4.69, 9.17) is 11.0 Å². The number of rotatable bonds is 3. The van der Waals surface area contributed by atoms with E-state index in [0.717, 1.165) is 5.56 Å². The molecule has 0 bridgehead atoms. The third-order valence-corrected chi connectivity index (χ3v) is 2.44. The minimum atomic E-state index is -0.179. The van der Waals surface area contributed by atoms with E-state index in [1.54, 1.807) is 0 Å². The molecule has 0 heterocycles. The van der Waals surface area contributed by atoms with Gasteiger partial charge in [0.05, 0.1) is 12.0 Å². The van der Waals surface area contributed by atoms with E-state index in [0.29, 0.717) is 0 Å². The van der Waals surface area contributed by atoms with Crippen molar-refractivity contribution >= 4 is 0 Å². The molecule has 0 saturated carbocycles. The van der Waals surface area contributed by atoms with E-state index in [2.05, 4.69) is 6.07 Å². The van der Waals surface area contributed by atoms with Crippen LogP contribution in [-0.4, -0.2) is 0 Å². The summed E-state index contributed by atoms with van der Waals surface area (Å²) in [5.74, 6) is 0.174. The molecule has 2 unspecified atom stereocenters. The van der Waals surface area contributed by atoms with E-state index in [1.807, 2.05) is 44.2 Å². The van der Waals surface area contributed by atoms with Crippen molar-refractivity contribution in [2.24, 2.45) is 17.6 Å². The number of benzene rings is 1. The molecule has 0 radical (unpaired) electrons. The van der Waals surface area contributed by atoms with Gasteiger partial charge in [-0.1, -0.05) is 44.2 Å². The molecular formula is C12H16N2. The van der Waals surface area contributed by atoms with Crippen LogP contribution in [0.5, 0.6) is 0 Å². The molecule has 2 atom stereocenters. The highest BCUT2D eigenvalue weighted by atomic mass is 14.7. The van der Waals surface area contributed by atoms with E-state index >= 15 is 0 Å². The van der Waals surface area contributed by atoms with Gasteiger partial charge >= 0.3 is 0 Å². The van der Waals surface area contributed by atoms with Gasteiger partial charge in [-0.25, -0.2) is 0 Å². The largest absolute Gasteiger partial charge is 0.323 e. The van der Waals surface area contributed by atoms with Crippen LogP contribution in [0.25, 0.3) is 0 Å². The molecule has 0 amide bonds. The van der Waals surface area contributed by atoms with Gasteiger partial charge in [-0.15, -0.1) is 0 Å². The lowest BCUT2D eigenvalue weighted by Gasteiger charge is -2.20. The third kappa shape index (κ3) is 2.34. The fraction of sp³-hybridized carbons (Fsp3) is 0.417. The van der Waals surface area contributed by atoms with Gasteiger partial charge in [0.25, 0.3) is 0 Å². The van der Waals surface area contributed by atoms with Crippen molar-refractivity contribution in [2.45, 2.75) is 19.9 Å². The van der Waals surface area contributed by atoms with E-state index in [1.165, 1.54) is 0 Å². The van der Waals surface area contributed by atoms with Gasteiger partial charge in [-0.2, -0.15) is 5.26 Å². The molecule has 0 aliphatic carbocycles. The number of hydrogen-bond acceptors (Lipinski definition) is 2. The summed E-state index contributed by atoms with van der Waals surface area (Å²) in [6, 6.07) is 11.9. The van der Waals surface area contributed by atoms with Gasteiger partial charge in [0.15, 0.2) is 0 Å². The Morgan fingerprint density at radius 2 is 1.79 bits per heavy atom. The molecule has 0 aliphatic heterocycles. The van der Waals surface area contributed by atoms with Crippen molar-refractivity contribution in [3.05, 3.63) is 35.9 Å². The molecule has 0 aromatic heterocycles. The zero-order valence-electron chi connectivity index (χ0n) is 8.64. The van der Waals surface area contributed by atoms with Crippen LogP contribution in [0.15, 0.2) is 30.3 Å². The maximum absolute atomic E-state index is 9.00. The predicted octanol–water partition coefficient (Wildman–Crippen LogP) is 2.48. The molecule has 1 rings (SSSR count). The number of nitrogens with two attached hydrogens (primary N) is 1. The molecule has 2 nitrogen and oxygen atoms in total. The Balaban J connectivity index is 2.85. The molecule has 0 saturated heterocycles. The van der Waals surface area contributed by atoms with Crippen LogP contribution in [0.2, 0.25) is 0 Å². The summed E-state index contributed by atoms with van der Waals surface area (Å²) in [5, 5.41) is 9.00. The van der Waals surface area contributed by atoms with Crippen molar-refractivity contribution in [1.29, 1.82) is 5.26 Å². The van der Waals surface area contributed by atoms with Gasteiger partial charge in [-0.3, -0.25) is 0 Å². The molecule has 0 spiro atoms. The molecule has 14 heavy (non-hydrogen) atoms. The third-order valence-electron chi connectivity index (χ3n) is 2.44. The van der Waals surface area contributed by atoms with Crippen LogP contribution in [0.1, 0.15) is 25.5 Å². The van der Waals surface area contributed by atoms with Crippen molar-refractivity contribution in [1.82, 2.24) is 0 Å². The van der Waals surface area contributed by atoms with Crippen LogP contribution in [0.3, 0.4) is 0 Å². The summed E-state index contributed by atoms with van der Waals surface area (Å²) in [6.45, 7) is 4.05. The van der Waals surface area contributed by atoms with Crippen molar-refractivity contribution in [3.8, 4) is 6.07 Å². The molecule has 74 valence electrons. The SMILES string of the molecule is CC(C)C(C#N)C(N)c1ccccc1. The number of nitriles is 1. The zero-order chi connectivity index (χ0) is 10.6.